The highest BCUT2D eigenvalue weighted by molar-refractivity contribution is 7.98. The Kier molecular flexibility index (Phi) is 7.92. The van der Waals surface area contributed by atoms with Gasteiger partial charge in [0.15, 0.2) is 16.7 Å². The van der Waals surface area contributed by atoms with Crippen LogP contribution in [0.5, 0.6) is 11.5 Å². The lowest BCUT2D eigenvalue weighted by atomic mass is 10.2. The molecular weight excluding hydrogens is 465 g/mol. The maximum Gasteiger partial charge on any atom is 0.243 e. The van der Waals surface area contributed by atoms with Crippen molar-refractivity contribution < 1.29 is 22.3 Å². The van der Waals surface area contributed by atoms with Crippen molar-refractivity contribution >= 4 is 32.8 Å². The largest absolute Gasteiger partial charge is 0.493 e. The first-order valence-electron chi connectivity index (χ1n) is 10.7. The smallest absolute Gasteiger partial charge is 0.243 e. The normalized spacial score (nSPS) is 12.2. The summed E-state index contributed by atoms with van der Waals surface area (Å²) in [6.45, 7) is 8.49. The van der Waals surface area contributed by atoms with Gasteiger partial charge in [-0.05, 0) is 38.1 Å². The third kappa shape index (κ3) is 4.97. The monoisotopic (exact) mass is 495 g/mol. The first-order valence-corrected chi connectivity index (χ1v) is 13.2. The Labute approximate surface area is 198 Å². The number of ether oxygens (including phenoxy) is 2. The molecule has 180 valence electrons. The Bertz CT molecular complexity index is 1240. The molecule has 7 nitrogen and oxygen atoms in total. The highest BCUT2D eigenvalue weighted by Gasteiger charge is 2.24. The maximum absolute atomic E-state index is 14.6. The van der Waals surface area contributed by atoms with Gasteiger partial charge in [0.25, 0.3) is 0 Å². The van der Waals surface area contributed by atoms with Crippen molar-refractivity contribution in [2.24, 2.45) is 0 Å². The van der Waals surface area contributed by atoms with Crippen LogP contribution < -0.4 is 9.47 Å². The molecule has 1 heterocycles. The molecule has 1 aromatic heterocycles. The Morgan fingerprint density at radius 3 is 2.30 bits per heavy atom. The number of benzene rings is 2. The minimum absolute atomic E-state index is 0.0815. The molecule has 10 heteroatoms. The predicted molar refractivity (Wildman–Crippen MR) is 129 cm³/mol. The van der Waals surface area contributed by atoms with Crippen molar-refractivity contribution in [3.8, 4) is 11.5 Å². The highest BCUT2D eigenvalue weighted by Crippen LogP contribution is 2.35. The molecule has 3 aromatic rings. The van der Waals surface area contributed by atoms with Crippen LogP contribution in [0.2, 0.25) is 0 Å². The number of halogens is 1. The molecule has 0 saturated carbocycles. The second-order valence-electron chi connectivity index (χ2n) is 7.69. The SMILES string of the molecule is CCN(CC)S(=O)(=O)c1ccc2c(c1)nc(SCc1cc(OC)c(OC)cc1F)n2C(C)C. The average Bonchev–Trinajstić information content (AvgIpc) is 3.16. The zero-order valence-electron chi connectivity index (χ0n) is 19.8. The minimum Gasteiger partial charge on any atom is -0.493 e. The van der Waals surface area contributed by atoms with Crippen molar-refractivity contribution in [3.05, 3.63) is 41.7 Å². The molecule has 0 N–H and O–H groups in total. The summed E-state index contributed by atoms with van der Waals surface area (Å²) in [5, 5.41) is 0.687. The number of imidazole rings is 1. The Hall–Kier alpha value is -2.30. The van der Waals surface area contributed by atoms with Crippen molar-refractivity contribution in [3.63, 3.8) is 0 Å². The highest BCUT2D eigenvalue weighted by atomic mass is 32.2. The molecule has 0 atom stereocenters. The third-order valence-corrected chi connectivity index (χ3v) is 8.44. The molecule has 0 aliphatic heterocycles. The van der Waals surface area contributed by atoms with Crippen LogP contribution >= 0.6 is 11.8 Å². The summed E-state index contributed by atoms with van der Waals surface area (Å²) < 4.78 is 54.4. The van der Waals surface area contributed by atoms with E-state index in [9.17, 15) is 12.8 Å². The Morgan fingerprint density at radius 1 is 1.09 bits per heavy atom. The number of fused-ring (bicyclic) bond motifs is 1. The van der Waals surface area contributed by atoms with E-state index in [0.717, 1.165) is 5.52 Å². The number of hydrogen-bond acceptors (Lipinski definition) is 6. The first kappa shape index (κ1) is 25.3. The van der Waals surface area contributed by atoms with Crippen LogP contribution in [0.15, 0.2) is 40.4 Å². The van der Waals surface area contributed by atoms with E-state index in [4.69, 9.17) is 14.5 Å². The van der Waals surface area contributed by atoms with E-state index in [-0.39, 0.29) is 16.8 Å². The lowest BCUT2D eigenvalue weighted by Crippen LogP contribution is -2.30. The van der Waals surface area contributed by atoms with E-state index >= 15 is 0 Å². The predicted octanol–water partition coefficient (Wildman–Crippen LogP) is 5.10. The van der Waals surface area contributed by atoms with Gasteiger partial charge in [-0.2, -0.15) is 4.31 Å². The summed E-state index contributed by atoms with van der Waals surface area (Å²) >= 11 is 1.39. The van der Waals surface area contributed by atoms with Gasteiger partial charge in [-0.15, -0.1) is 0 Å². The van der Waals surface area contributed by atoms with Crippen molar-refractivity contribution in [2.45, 2.75) is 49.5 Å². The number of aromatic nitrogens is 2. The van der Waals surface area contributed by atoms with Gasteiger partial charge >= 0.3 is 0 Å². The van der Waals surface area contributed by atoms with Crippen LogP contribution in [-0.4, -0.2) is 49.6 Å². The fraction of sp³-hybridized carbons (Fsp3) is 0.435. The van der Waals surface area contributed by atoms with Crippen molar-refractivity contribution in [1.82, 2.24) is 13.9 Å². The van der Waals surface area contributed by atoms with Gasteiger partial charge in [0.2, 0.25) is 10.0 Å². The standard InChI is InChI=1S/C23H30FN3O4S2/c1-7-26(8-2)33(28,29)17-9-10-20-19(12-17)25-23(27(20)15(3)4)32-14-16-11-21(30-5)22(31-6)13-18(16)24/h9-13,15H,7-8,14H2,1-6H3. The van der Waals surface area contributed by atoms with Crippen LogP contribution in [0.4, 0.5) is 4.39 Å². The van der Waals surface area contributed by atoms with Gasteiger partial charge in [0.1, 0.15) is 5.82 Å². The maximum atomic E-state index is 14.6. The second kappa shape index (κ2) is 10.3. The molecule has 0 saturated heterocycles. The minimum atomic E-state index is -3.59. The lowest BCUT2D eigenvalue weighted by molar-refractivity contribution is 0.352. The Balaban J connectivity index is 1.99. The fourth-order valence-corrected chi connectivity index (χ4v) is 6.28. The van der Waals surface area contributed by atoms with Gasteiger partial charge in [0, 0.05) is 36.5 Å². The number of methoxy groups -OCH3 is 2. The number of hydrogen-bond donors (Lipinski definition) is 0. The average molecular weight is 496 g/mol. The molecule has 0 bridgehead atoms. The quantitative estimate of drug-likeness (QED) is 0.365. The molecule has 0 spiro atoms. The van der Waals surface area contributed by atoms with Gasteiger partial charge in [-0.1, -0.05) is 25.6 Å². The van der Waals surface area contributed by atoms with E-state index < -0.39 is 10.0 Å². The van der Waals surface area contributed by atoms with Gasteiger partial charge in [0.05, 0.1) is 30.1 Å². The zero-order chi connectivity index (χ0) is 24.3. The number of nitrogens with zero attached hydrogens (tertiary/aromatic N) is 3. The third-order valence-electron chi connectivity index (χ3n) is 5.40. The summed E-state index contributed by atoms with van der Waals surface area (Å²) in [4.78, 5) is 4.92. The molecule has 33 heavy (non-hydrogen) atoms. The van der Waals surface area contributed by atoms with E-state index in [1.165, 1.54) is 36.4 Å². The van der Waals surface area contributed by atoms with Crippen molar-refractivity contribution in [1.29, 1.82) is 0 Å². The molecule has 0 radical (unpaired) electrons. The Morgan fingerprint density at radius 2 is 1.73 bits per heavy atom. The molecule has 0 amide bonds. The summed E-state index contributed by atoms with van der Waals surface area (Å²) in [5.41, 5.74) is 1.89. The number of thioether (sulfide) groups is 1. The lowest BCUT2D eigenvalue weighted by Gasteiger charge is -2.18. The molecule has 0 aliphatic carbocycles. The van der Waals surface area contributed by atoms with Crippen LogP contribution in [0.3, 0.4) is 0 Å². The van der Waals surface area contributed by atoms with Crippen LogP contribution in [0, 0.1) is 5.82 Å². The number of rotatable bonds is 10. The van der Waals surface area contributed by atoms with Crippen molar-refractivity contribution in [2.75, 3.05) is 27.3 Å². The summed E-state index contributed by atoms with van der Waals surface area (Å²) in [7, 11) is -0.617. The summed E-state index contributed by atoms with van der Waals surface area (Å²) in [6, 6.07) is 8.04. The zero-order valence-corrected chi connectivity index (χ0v) is 21.4. The van der Waals surface area contributed by atoms with Crippen LogP contribution in [0.25, 0.3) is 11.0 Å². The van der Waals surface area contributed by atoms with E-state index in [0.29, 0.717) is 46.6 Å². The van der Waals surface area contributed by atoms with E-state index in [1.54, 1.807) is 24.3 Å². The van der Waals surface area contributed by atoms with Crippen LogP contribution in [0.1, 0.15) is 39.3 Å². The first-order chi connectivity index (χ1) is 15.7. The summed E-state index contributed by atoms with van der Waals surface area (Å²) in [6.07, 6.45) is 0. The molecule has 3 rings (SSSR count). The van der Waals surface area contributed by atoms with Gasteiger partial charge < -0.3 is 14.0 Å². The topological polar surface area (TPSA) is 73.7 Å². The van der Waals surface area contributed by atoms with Crippen LogP contribution in [-0.2, 0) is 15.8 Å². The van der Waals surface area contributed by atoms with E-state index in [2.05, 4.69) is 0 Å². The fourth-order valence-electron chi connectivity index (χ4n) is 3.68. The second-order valence-corrected chi connectivity index (χ2v) is 10.6. The van der Waals surface area contributed by atoms with Gasteiger partial charge in [-0.25, -0.2) is 17.8 Å². The molecule has 0 fully saturated rings. The molecule has 0 aliphatic rings. The molecular formula is C23H30FN3O4S2. The van der Waals surface area contributed by atoms with Gasteiger partial charge in [-0.3, -0.25) is 0 Å². The molecule has 0 unspecified atom stereocenters. The molecule has 2 aromatic carbocycles. The summed E-state index contributed by atoms with van der Waals surface area (Å²) in [5.74, 6) is 0.727. The van der Waals surface area contributed by atoms with E-state index in [1.807, 2.05) is 32.3 Å². The number of sulfonamides is 1.